The van der Waals surface area contributed by atoms with E-state index in [1.807, 2.05) is 0 Å². The van der Waals surface area contributed by atoms with Gasteiger partial charge in [-0.25, -0.2) is 0 Å². The SMILES string of the molecule is O=C[C@H](O)[C@@H](O)[C@H](O)C(O)=Cc1ccc(Cl)c(Cl)c1. The summed E-state index contributed by atoms with van der Waals surface area (Å²) < 4.78 is 0. The lowest BCUT2D eigenvalue weighted by atomic mass is 10.1. The van der Waals surface area contributed by atoms with E-state index < -0.39 is 24.1 Å². The number of carbonyl (C=O) groups excluding carboxylic acids is 1. The van der Waals surface area contributed by atoms with Crippen LogP contribution >= 0.6 is 23.2 Å². The molecule has 0 saturated heterocycles. The molecular formula is C12H12Cl2O5. The van der Waals surface area contributed by atoms with Gasteiger partial charge in [0, 0.05) is 0 Å². The van der Waals surface area contributed by atoms with E-state index in [1.165, 1.54) is 18.2 Å². The van der Waals surface area contributed by atoms with Crippen molar-refractivity contribution in [3.63, 3.8) is 0 Å². The Hall–Kier alpha value is -1.11. The van der Waals surface area contributed by atoms with E-state index in [1.54, 1.807) is 0 Å². The molecule has 0 aliphatic carbocycles. The van der Waals surface area contributed by atoms with E-state index in [-0.39, 0.29) is 11.3 Å². The Morgan fingerprint density at radius 2 is 1.79 bits per heavy atom. The topological polar surface area (TPSA) is 98.0 Å². The molecule has 1 aromatic rings. The highest BCUT2D eigenvalue weighted by Crippen LogP contribution is 2.24. The van der Waals surface area contributed by atoms with E-state index in [0.717, 1.165) is 6.08 Å². The quantitative estimate of drug-likeness (QED) is 0.483. The first-order valence-corrected chi connectivity index (χ1v) is 5.97. The summed E-state index contributed by atoms with van der Waals surface area (Å²) in [6.07, 6.45) is -4.22. The molecule has 0 aromatic heterocycles. The zero-order chi connectivity index (χ0) is 14.6. The Morgan fingerprint density at radius 3 is 2.32 bits per heavy atom. The molecule has 1 aromatic carbocycles. The summed E-state index contributed by atoms with van der Waals surface area (Å²) in [6, 6.07) is 4.46. The molecule has 0 aliphatic rings. The Morgan fingerprint density at radius 1 is 1.16 bits per heavy atom. The molecule has 0 aliphatic heterocycles. The highest BCUT2D eigenvalue weighted by molar-refractivity contribution is 6.42. The van der Waals surface area contributed by atoms with Crippen LogP contribution in [0.15, 0.2) is 24.0 Å². The molecule has 0 unspecified atom stereocenters. The second-order valence-corrected chi connectivity index (χ2v) is 4.62. The lowest BCUT2D eigenvalue weighted by Crippen LogP contribution is -2.39. The Balaban J connectivity index is 2.91. The zero-order valence-electron chi connectivity index (χ0n) is 9.57. The number of benzene rings is 1. The van der Waals surface area contributed by atoms with Crippen LogP contribution < -0.4 is 0 Å². The molecule has 0 saturated carbocycles. The molecule has 0 spiro atoms. The fourth-order valence-corrected chi connectivity index (χ4v) is 1.61. The van der Waals surface area contributed by atoms with Crippen LogP contribution in [-0.4, -0.2) is 45.0 Å². The van der Waals surface area contributed by atoms with E-state index in [9.17, 15) is 20.1 Å². The number of rotatable bonds is 5. The Kier molecular flexibility index (Phi) is 5.78. The predicted octanol–water partition coefficient (Wildman–Crippen LogP) is 1.17. The van der Waals surface area contributed by atoms with Crippen molar-refractivity contribution in [2.24, 2.45) is 0 Å². The van der Waals surface area contributed by atoms with Crippen molar-refractivity contribution < 1.29 is 25.2 Å². The maximum Gasteiger partial charge on any atom is 0.151 e. The predicted molar refractivity (Wildman–Crippen MR) is 71.2 cm³/mol. The van der Waals surface area contributed by atoms with Gasteiger partial charge in [0.05, 0.1) is 10.0 Å². The number of carbonyl (C=O) groups is 1. The molecule has 0 amide bonds. The third-order valence-corrected chi connectivity index (χ3v) is 3.11. The average Bonchev–Trinajstić information content (AvgIpc) is 2.40. The maximum absolute atomic E-state index is 10.3. The van der Waals surface area contributed by atoms with E-state index in [4.69, 9.17) is 28.3 Å². The molecule has 104 valence electrons. The van der Waals surface area contributed by atoms with Gasteiger partial charge in [0.15, 0.2) is 6.29 Å². The second-order valence-electron chi connectivity index (χ2n) is 3.80. The van der Waals surface area contributed by atoms with Gasteiger partial charge in [-0.15, -0.1) is 0 Å². The summed E-state index contributed by atoms with van der Waals surface area (Å²) in [5.74, 6) is -0.619. The molecule has 0 radical (unpaired) electrons. The summed E-state index contributed by atoms with van der Waals surface area (Å²) in [6.45, 7) is 0. The fraction of sp³-hybridized carbons (Fsp3) is 0.250. The van der Waals surface area contributed by atoms with Crippen LogP contribution in [0, 0.1) is 0 Å². The van der Waals surface area contributed by atoms with Gasteiger partial charge in [-0.3, -0.25) is 0 Å². The summed E-state index contributed by atoms with van der Waals surface area (Å²) in [4.78, 5) is 10.3. The first-order valence-electron chi connectivity index (χ1n) is 5.22. The number of aliphatic hydroxyl groups excluding tert-OH is 4. The van der Waals surface area contributed by atoms with Crippen molar-refractivity contribution in [3.8, 4) is 0 Å². The molecule has 7 heteroatoms. The Labute approximate surface area is 119 Å². The summed E-state index contributed by atoms with van der Waals surface area (Å²) in [5.41, 5.74) is 0.429. The standard InChI is InChI=1S/C12H12Cl2O5/c13-7-2-1-6(3-8(7)14)4-9(16)11(18)12(19)10(17)5-15/h1-5,10-12,16-19H/t10-,11+,12+/m0/s1. The second kappa shape index (κ2) is 6.88. The smallest absolute Gasteiger partial charge is 0.151 e. The Bertz CT molecular complexity index is 489. The summed E-state index contributed by atoms with van der Waals surface area (Å²) in [5, 5.41) is 38.1. The van der Waals surface area contributed by atoms with Gasteiger partial charge in [0.25, 0.3) is 0 Å². The maximum atomic E-state index is 10.3. The number of hydrogen-bond donors (Lipinski definition) is 4. The normalized spacial score (nSPS) is 16.8. The summed E-state index contributed by atoms with van der Waals surface area (Å²) in [7, 11) is 0. The average molecular weight is 307 g/mol. The van der Waals surface area contributed by atoms with Crippen molar-refractivity contribution in [2.75, 3.05) is 0 Å². The minimum atomic E-state index is -1.82. The molecular weight excluding hydrogens is 295 g/mol. The minimum Gasteiger partial charge on any atom is -0.509 e. The van der Waals surface area contributed by atoms with Crippen molar-refractivity contribution in [1.82, 2.24) is 0 Å². The van der Waals surface area contributed by atoms with E-state index in [2.05, 4.69) is 0 Å². The summed E-state index contributed by atoms with van der Waals surface area (Å²) >= 11 is 11.5. The first-order chi connectivity index (χ1) is 8.86. The van der Waals surface area contributed by atoms with Crippen LogP contribution in [0.25, 0.3) is 6.08 Å². The van der Waals surface area contributed by atoms with Crippen LogP contribution in [0.5, 0.6) is 0 Å². The molecule has 0 bridgehead atoms. The highest BCUT2D eigenvalue weighted by Gasteiger charge is 2.27. The number of aliphatic hydroxyl groups is 4. The largest absolute Gasteiger partial charge is 0.509 e. The van der Waals surface area contributed by atoms with Crippen LogP contribution in [-0.2, 0) is 4.79 Å². The van der Waals surface area contributed by atoms with Gasteiger partial charge in [0.2, 0.25) is 0 Å². The molecule has 1 rings (SSSR count). The van der Waals surface area contributed by atoms with Gasteiger partial charge < -0.3 is 25.2 Å². The first kappa shape index (κ1) is 15.9. The number of aldehydes is 1. The third-order valence-electron chi connectivity index (χ3n) is 2.37. The van der Waals surface area contributed by atoms with Crippen molar-refractivity contribution in [2.45, 2.75) is 18.3 Å². The van der Waals surface area contributed by atoms with Gasteiger partial charge in [-0.05, 0) is 23.8 Å². The van der Waals surface area contributed by atoms with Crippen LogP contribution in [0.1, 0.15) is 5.56 Å². The number of hydrogen-bond acceptors (Lipinski definition) is 5. The van der Waals surface area contributed by atoms with Crippen LogP contribution in [0.4, 0.5) is 0 Å². The van der Waals surface area contributed by atoms with E-state index in [0.29, 0.717) is 10.6 Å². The molecule has 5 nitrogen and oxygen atoms in total. The van der Waals surface area contributed by atoms with Crippen molar-refractivity contribution in [1.29, 1.82) is 0 Å². The number of halogens is 2. The zero-order valence-corrected chi connectivity index (χ0v) is 11.1. The van der Waals surface area contributed by atoms with Gasteiger partial charge in [-0.1, -0.05) is 29.3 Å². The van der Waals surface area contributed by atoms with Gasteiger partial charge in [-0.2, -0.15) is 0 Å². The molecule has 0 heterocycles. The van der Waals surface area contributed by atoms with E-state index >= 15 is 0 Å². The minimum absolute atomic E-state index is 0.0559. The monoisotopic (exact) mass is 306 g/mol. The molecule has 0 fully saturated rings. The van der Waals surface area contributed by atoms with Crippen molar-refractivity contribution in [3.05, 3.63) is 39.6 Å². The van der Waals surface area contributed by atoms with Crippen molar-refractivity contribution >= 4 is 35.6 Å². The lowest BCUT2D eigenvalue weighted by Gasteiger charge is -2.18. The fourth-order valence-electron chi connectivity index (χ4n) is 1.30. The van der Waals surface area contributed by atoms with Crippen LogP contribution in [0.3, 0.4) is 0 Å². The van der Waals surface area contributed by atoms with Gasteiger partial charge >= 0.3 is 0 Å². The molecule has 4 N–H and O–H groups in total. The molecule has 3 atom stereocenters. The van der Waals surface area contributed by atoms with Crippen LogP contribution in [0.2, 0.25) is 10.0 Å². The third kappa shape index (κ3) is 4.19. The van der Waals surface area contributed by atoms with Gasteiger partial charge in [0.1, 0.15) is 24.1 Å². The lowest BCUT2D eigenvalue weighted by molar-refractivity contribution is -0.125. The molecule has 19 heavy (non-hydrogen) atoms. The highest BCUT2D eigenvalue weighted by atomic mass is 35.5.